The van der Waals surface area contributed by atoms with Crippen LogP contribution in [0.4, 0.5) is 0 Å². The Bertz CT molecular complexity index is 603. The molecular weight excluding hydrogens is 264 g/mol. The van der Waals surface area contributed by atoms with Crippen LogP contribution in [-0.2, 0) is 0 Å². The summed E-state index contributed by atoms with van der Waals surface area (Å²) in [6.07, 6.45) is 1.77. The van der Waals surface area contributed by atoms with Crippen molar-refractivity contribution >= 4 is 10.8 Å². The lowest BCUT2D eigenvalue weighted by molar-refractivity contribution is 0.126. The monoisotopic (exact) mass is 288 g/mol. The summed E-state index contributed by atoms with van der Waals surface area (Å²) >= 11 is 0. The zero-order valence-electron chi connectivity index (χ0n) is 13.5. The molecule has 2 aromatic rings. The first-order chi connectivity index (χ1) is 9.85. The van der Waals surface area contributed by atoms with Crippen LogP contribution in [-0.4, -0.2) is 42.7 Å². The second-order valence-electron chi connectivity index (χ2n) is 6.37. The van der Waals surface area contributed by atoms with E-state index < -0.39 is 0 Å². The first-order valence-electron chi connectivity index (χ1n) is 7.20. The van der Waals surface area contributed by atoms with Gasteiger partial charge in [-0.2, -0.15) is 0 Å². The van der Waals surface area contributed by atoms with Crippen LogP contribution in [0.25, 0.3) is 10.8 Å². The fraction of sp³-hybridized carbons (Fsp3) is 0.471. The molecule has 0 saturated heterocycles. The standard InChI is InChI=1S/C17H24N2O2/c1-17(2,3)21-16-15-7-6-14(20-11-10-19(4)5)12-13(15)8-9-18-16/h6-9,12H,10-11H2,1-5H3. The summed E-state index contributed by atoms with van der Waals surface area (Å²) in [5.41, 5.74) is -0.262. The summed E-state index contributed by atoms with van der Waals surface area (Å²) in [5, 5.41) is 2.08. The summed E-state index contributed by atoms with van der Waals surface area (Å²) in [6.45, 7) is 7.63. The maximum absolute atomic E-state index is 5.91. The molecule has 0 aliphatic heterocycles. The Morgan fingerprint density at radius 1 is 1.14 bits per heavy atom. The van der Waals surface area contributed by atoms with Crippen molar-refractivity contribution in [3.05, 3.63) is 30.5 Å². The van der Waals surface area contributed by atoms with Gasteiger partial charge in [0, 0.05) is 18.1 Å². The van der Waals surface area contributed by atoms with E-state index in [9.17, 15) is 0 Å². The molecular formula is C17H24N2O2. The fourth-order valence-corrected chi connectivity index (χ4v) is 1.94. The van der Waals surface area contributed by atoms with Crippen molar-refractivity contribution < 1.29 is 9.47 Å². The molecule has 0 amide bonds. The quantitative estimate of drug-likeness (QED) is 0.845. The maximum Gasteiger partial charge on any atom is 0.221 e. The highest BCUT2D eigenvalue weighted by atomic mass is 16.5. The molecule has 0 unspecified atom stereocenters. The Morgan fingerprint density at radius 2 is 1.90 bits per heavy atom. The normalized spacial score (nSPS) is 11.9. The number of hydrogen-bond acceptors (Lipinski definition) is 4. The van der Waals surface area contributed by atoms with Crippen molar-refractivity contribution in [2.24, 2.45) is 0 Å². The SMILES string of the molecule is CN(C)CCOc1ccc2c(OC(C)(C)C)nccc2c1. The lowest BCUT2D eigenvalue weighted by Crippen LogP contribution is -2.23. The molecule has 4 nitrogen and oxygen atoms in total. The molecule has 1 aromatic heterocycles. The van der Waals surface area contributed by atoms with E-state index in [2.05, 4.69) is 9.88 Å². The summed E-state index contributed by atoms with van der Waals surface area (Å²) < 4.78 is 11.7. The van der Waals surface area contributed by atoms with Gasteiger partial charge in [-0.3, -0.25) is 0 Å². The van der Waals surface area contributed by atoms with E-state index in [-0.39, 0.29) is 5.60 Å². The van der Waals surface area contributed by atoms with Gasteiger partial charge in [0.15, 0.2) is 0 Å². The van der Waals surface area contributed by atoms with Crippen LogP contribution in [0.2, 0.25) is 0 Å². The predicted molar refractivity (Wildman–Crippen MR) is 86.2 cm³/mol. The van der Waals surface area contributed by atoms with Gasteiger partial charge in [0.05, 0.1) is 0 Å². The Kier molecular flexibility index (Phi) is 4.68. The average Bonchev–Trinajstić information content (AvgIpc) is 2.36. The number of hydrogen-bond donors (Lipinski definition) is 0. The van der Waals surface area contributed by atoms with Gasteiger partial charge in [-0.15, -0.1) is 0 Å². The fourth-order valence-electron chi connectivity index (χ4n) is 1.94. The van der Waals surface area contributed by atoms with E-state index in [1.807, 2.05) is 59.1 Å². The van der Waals surface area contributed by atoms with Gasteiger partial charge >= 0.3 is 0 Å². The Hall–Kier alpha value is -1.81. The van der Waals surface area contributed by atoms with Gasteiger partial charge in [0.2, 0.25) is 5.88 Å². The largest absolute Gasteiger partial charge is 0.492 e. The number of likely N-dealkylation sites (N-methyl/N-ethyl adjacent to an activating group) is 1. The summed E-state index contributed by atoms with van der Waals surface area (Å²) in [6, 6.07) is 7.98. The van der Waals surface area contributed by atoms with Crippen molar-refractivity contribution in [2.45, 2.75) is 26.4 Å². The summed E-state index contributed by atoms with van der Waals surface area (Å²) in [4.78, 5) is 6.44. The van der Waals surface area contributed by atoms with E-state index in [4.69, 9.17) is 9.47 Å². The Balaban J connectivity index is 2.20. The van der Waals surface area contributed by atoms with Gasteiger partial charge in [-0.1, -0.05) is 0 Å². The van der Waals surface area contributed by atoms with Gasteiger partial charge in [-0.05, 0) is 64.5 Å². The van der Waals surface area contributed by atoms with Gasteiger partial charge < -0.3 is 14.4 Å². The van der Waals surface area contributed by atoms with Gasteiger partial charge in [0.1, 0.15) is 18.0 Å². The zero-order chi connectivity index (χ0) is 15.5. The molecule has 0 radical (unpaired) electrons. The van der Waals surface area contributed by atoms with Gasteiger partial charge in [-0.25, -0.2) is 4.98 Å². The van der Waals surface area contributed by atoms with Gasteiger partial charge in [0.25, 0.3) is 0 Å². The summed E-state index contributed by atoms with van der Waals surface area (Å²) in [5.74, 6) is 1.54. The number of fused-ring (bicyclic) bond motifs is 1. The van der Waals surface area contributed by atoms with Crippen molar-refractivity contribution in [2.75, 3.05) is 27.2 Å². The molecule has 21 heavy (non-hydrogen) atoms. The van der Waals surface area contributed by atoms with Crippen molar-refractivity contribution in [3.63, 3.8) is 0 Å². The third-order valence-corrected chi connectivity index (χ3v) is 2.91. The molecule has 0 spiro atoms. The second-order valence-corrected chi connectivity index (χ2v) is 6.37. The van der Waals surface area contributed by atoms with Crippen LogP contribution in [0.5, 0.6) is 11.6 Å². The first-order valence-corrected chi connectivity index (χ1v) is 7.20. The number of nitrogens with zero attached hydrogens (tertiary/aromatic N) is 2. The lowest BCUT2D eigenvalue weighted by Gasteiger charge is -2.21. The van der Waals surface area contributed by atoms with Crippen LogP contribution >= 0.6 is 0 Å². The van der Waals surface area contributed by atoms with Crippen LogP contribution in [0.15, 0.2) is 30.5 Å². The molecule has 0 aliphatic rings. The predicted octanol–water partition coefficient (Wildman–Crippen LogP) is 3.35. The molecule has 2 rings (SSSR count). The topological polar surface area (TPSA) is 34.6 Å². The molecule has 0 atom stereocenters. The first kappa shape index (κ1) is 15.6. The van der Waals surface area contributed by atoms with Crippen LogP contribution in [0, 0.1) is 0 Å². The van der Waals surface area contributed by atoms with E-state index in [0.29, 0.717) is 12.5 Å². The number of rotatable bonds is 5. The van der Waals surface area contributed by atoms with Crippen LogP contribution < -0.4 is 9.47 Å². The van der Waals surface area contributed by atoms with Crippen molar-refractivity contribution in [1.29, 1.82) is 0 Å². The number of ether oxygens (including phenoxy) is 2. The minimum atomic E-state index is -0.262. The zero-order valence-corrected chi connectivity index (χ0v) is 13.5. The molecule has 0 fully saturated rings. The molecule has 1 aromatic carbocycles. The third kappa shape index (κ3) is 4.60. The Morgan fingerprint density at radius 3 is 2.57 bits per heavy atom. The maximum atomic E-state index is 5.91. The van der Waals surface area contributed by atoms with Crippen molar-refractivity contribution in [1.82, 2.24) is 9.88 Å². The average molecular weight is 288 g/mol. The highest BCUT2D eigenvalue weighted by molar-refractivity contribution is 5.87. The van der Waals surface area contributed by atoms with E-state index in [1.165, 1.54) is 0 Å². The van der Waals surface area contributed by atoms with Crippen molar-refractivity contribution in [3.8, 4) is 11.6 Å². The molecule has 0 N–H and O–H groups in total. The molecule has 0 bridgehead atoms. The summed E-state index contributed by atoms with van der Waals surface area (Å²) in [7, 11) is 4.07. The molecule has 114 valence electrons. The minimum absolute atomic E-state index is 0.262. The van der Waals surface area contributed by atoms with Crippen LogP contribution in [0.3, 0.4) is 0 Å². The smallest absolute Gasteiger partial charge is 0.221 e. The molecule has 0 aliphatic carbocycles. The molecule has 4 heteroatoms. The highest BCUT2D eigenvalue weighted by Gasteiger charge is 2.15. The highest BCUT2D eigenvalue weighted by Crippen LogP contribution is 2.28. The van der Waals surface area contributed by atoms with E-state index >= 15 is 0 Å². The van der Waals surface area contributed by atoms with Crippen LogP contribution in [0.1, 0.15) is 20.8 Å². The van der Waals surface area contributed by atoms with E-state index in [1.54, 1.807) is 6.20 Å². The number of pyridine rings is 1. The molecule has 1 heterocycles. The molecule has 0 saturated carbocycles. The lowest BCUT2D eigenvalue weighted by atomic mass is 10.1. The number of aromatic nitrogens is 1. The number of benzene rings is 1. The second kappa shape index (κ2) is 6.31. The van der Waals surface area contributed by atoms with E-state index in [0.717, 1.165) is 23.1 Å². The minimum Gasteiger partial charge on any atom is -0.492 e. The Labute approximate surface area is 126 Å². The third-order valence-electron chi connectivity index (χ3n) is 2.91.